The zero-order valence-electron chi connectivity index (χ0n) is 34.4. The Hall–Kier alpha value is -5.39. The van der Waals surface area contributed by atoms with Crippen molar-refractivity contribution in [1.82, 2.24) is 30.6 Å². The van der Waals surface area contributed by atoms with Crippen LogP contribution in [0.25, 0.3) is 10.9 Å². The minimum atomic E-state index is -4.03. The second-order valence-corrected chi connectivity index (χ2v) is 18.3. The largest absolute Gasteiger partial charge is 0.493 e. The molecule has 2 aliphatic carbocycles. The van der Waals surface area contributed by atoms with Crippen molar-refractivity contribution in [3.05, 3.63) is 42.6 Å². The third-order valence-electron chi connectivity index (χ3n) is 11.4. The molecule has 2 aliphatic heterocycles. The van der Waals surface area contributed by atoms with Gasteiger partial charge in [0.05, 0.1) is 31.6 Å². The van der Waals surface area contributed by atoms with Crippen LogP contribution in [0.2, 0.25) is 0 Å². The number of rotatable bonds is 13. The number of sulfonamides is 1. The summed E-state index contributed by atoms with van der Waals surface area (Å²) in [6.07, 6.45) is 9.34. The summed E-state index contributed by atoms with van der Waals surface area (Å²) in [5, 5.41) is 17.1. The van der Waals surface area contributed by atoms with E-state index in [0.29, 0.717) is 60.3 Å². The predicted octanol–water partition coefficient (Wildman–Crippen LogP) is 3.02. The number of pyridine rings is 1. The van der Waals surface area contributed by atoms with Crippen molar-refractivity contribution in [2.24, 2.45) is 5.92 Å². The zero-order valence-corrected chi connectivity index (χ0v) is 35.2. The fourth-order valence-corrected chi connectivity index (χ4v) is 8.87. The lowest BCUT2D eigenvalue weighted by Gasteiger charge is -2.30. The van der Waals surface area contributed by atoms with Gasteiger partial charge in [0.15, 0.2) is 11.5 Å². The summed E-state index contributed by atoms with van der Waals surface area (Å²) in [5.74, 6) is -1.95. The lowest BCUT2D eigenvalue weighted by molar-refractivity contribution is -0.142. The summed E-state index contributed by atoms with van der Waals surface area (Å²) in [6, 6.07) is 2.80. The van der Waals surface area contributed by atoms with Gasteiger partial charge in [0.25, 0.3) is 11.8 Å². The molecule has 1 aromatic carbocycles. The first-order valence-electron chi connectivity index (χ1n) is 20.0. The maximum absolute atomic E-state index is 14.7. The number of nitrogens with zero attached hydrogens (tertiary/aromatic N) is 2. The van der Waals surface area contributed by atoms with Gasteiger partial charge in [0.2, 0.25) is 27.7 Å². The predicted molar refractivity (Wildman–Crippen MR) is 219 cm³/mol. The van der Waals surface area contributed by atoms with Crippen LogP contribution in [0.15, 0.2) is 42.6 Å². The third kappa shape index (κ3) is 9.26. The average molecular weight is 838 g/mol. The Morgan fingerprint density at radius 3 is 2.54 bits per heavy atom. The van der Waals surface area contributed by atoms with Crippen LogP contribution in [0.1, 0.15) is 78.6 Å². The Bertz CT molecular complexity index is 2150. The van der Waals surface area contributed by atoms with Crippen molar-refractivity contribution in [3.8, 4) is 23.1 Å². The summed E-state index contributed by atoms with van der Waals surface area (Å²) >= 11 is 0. The van der Waals surface area contributed by atoms with Gasteiger partial charge in [-0.15, -0.1) is 0 Å². The molecule has 1 aromatic heterocycles. The van der Waals surface area contributed by atoms with Gasteiger partial charge in [0.1, 0.15) is 40.7 Å². The number of nitrogens with one attached hydrogen (secondary N) is 5. The Balaban J connectivity index is 1.37. The molecular formula is C41H55N7O10S. The van der Waals surface area contributed by atoms with E-state index in [-0.39, 0.29) is 43.5 Å². The molecule has 5 N–H and O–H groups in total. The van der Waals surface area contributed by atoms with Crippen LogP contribution in [-0.4, -0.2) is 110 Å². The first-order chi connectivity index (χ1) is 28.1. The summed E-state index contributed by atoms with van der Waals surface area (Å²) < 4.78 is 51.4. The normalized spacial score (nSPS) is 26.1. The van der Waals surface area contributed by atoms with Crippen LogP contribution in [0.5, 0.6) is 23.1 Å². The van der Waals surface area contributed by atoms with Crippen LogP contribution in [0.3, 0.4) is 0 Å². The molecule has 59 heavy (non-hydrogen) atoms. The van der Waals surface area contributed by atoms with Crippen molar-refractivity contribution in [2.45, 2.75) is 113 Å². The number of ether oxygens (including phenoxy) is 4. The highest BCUT2D eigenvalue weighted by atomic mass is 32.2. The smallest absolute Gasteiger partial charge is 0.269 e. The highest BCUT2D eigenvalue weighted by molar-refractivity contribution is 7.91. The number of allylic oxidation sites excluding steroid dienone is 1. The minimum Gasteiger partial charge on any atom is -0.493 e. The van der Waals surface area contributed by atoms with Crippen LogP contribution >= 0.6 is 0 Å². The Morgan fingerprint density at radius 2 is 1.86 bits per heavy atom. The van der Waals surface area contributed by atoms with Gasteiger partial charge in [-0.25, -0.2) is 13.4 Å². The molecule has 6 rings (SSSR count). The highest BCUT2D eigenvalue weighted by Gasteiger charge is 2.63. The van der Waals surface area contributed by atoms with Crippen molar-refractivity contribution < 1.29 is 46.5 Å². The second-order valence-electron chi connectivity index (χ2n) is 16.1. The molecule has 5 atom stereocenters. The van der Waals surface area contributed by atoms with Crippen LogP contribution in [-0.2, 0) is 29.2 Å². The molecule has 0 bridgehead atoms. The van der Waals surface area contributed by atoms with Gasteiger partial charge in [-0.1, -0.05) is 25.0 Å². The van der Waals surface area contributed by atoms with E-state index in [1.807, 2.05) is 26.0 Å². The molecule has 320 valence electrons. The quantitative estimate of drug-likeness (QED) is 0.145. The SMILES string of the molecule is CN/C=C\C(=N)C(=O)N[C@H]1CCCCC/C=C\C2C[C@@]2(C(=O)NS(=O)(=O)C2(C)CC2)NC(=O)[C@@H]2C[C@@H](Oc3cc(OC(C)C)nc4c(OC)c(OC)ccc34)CN2C1=O. The summed E-state index contributed by atoms with van der Waals surface area (Å²) in [4.78, 5) is 62.4. The van der Waals surface area contributed by atoms with Crippen LogP contribution in [0.4, 0.5) is 0 Å². The van der Waals surface area contributed by atoms with Gasteiger partial charge in [-0.2, -0.15) is 0 Å². The summed E-state index contributed by atoms with van der Waals surface area (Å²) in [7, 11) is 0.597. The fourth-order valence-electron chi connectivity index (χ4n) is 7.56. The first-order valence-corrected chi connectivity index (χ1v) is 21.5. The molecule has 4 amide bonds. The molecule has 2 saturated carbocycles. The van der Waals surface area contributed by atoms with E-state index in [2.05, 4.69) is 25.7 Å². The van der Waals surface area contributed by atoms with Crippen molar-refractivity contribution in [3.63, 3.8) is 0 Å². The number of methoxy groups -OCH3 is 2. The average Bonchev–Trinajstić information content (AvgIpc) is 4.07. The molecular weight excluding hydrogens is 783 g/mol. The molecule has 1 unspecified atom stereocenters. The number of aromatic nitrogens is 1. The summed E-state index contributed by atoms with van der Waals surface area (Å²) in [5.41, 5.74) is -1.54. The minimum absolute atomic E-state index is 0.0228. The number of fused-ring (bicyclic) bond motifs is 3. The number of benzene rings is 1. The first kappa shape index (κ1) is 43.2. The Kier molecular flexibility index (Phi) is 12.8. The van der Waals surface area contributed by atoms with Crippen LogP contribution < -0.4 is 39.6 Å². The van der Waals surface area contributed by atoms with Crippen LogP contribution in [0, 0.1) is 11.3 Å². The van der Waals surface area contributed by atoms with E-state index in [9.17, 15) is 27.6 Å². The third-order valence-corrected chi connectivity index (χ3v) is 13.5. The zero-order chi connectivity index (χ0) is 42.7. The molecule has 4 aliphatic rings. The number of hydrogen-bond donors (Lipinski definition) is 5. The van der Waals surface area contributed by atoms with Crippen molar-refractivity contribution in [1.29, 1.82) is 5.41 Å². The monoisotopic (exact) mass is 837 g/mol. The van der Waals surface area contributed by atoms with E-state index in [0.717, 1.165) is 6.42 Å². The van der Waals surface area contributed by atoms with Gasteiger partial charge < -0.3 is 39.8 Å². The number of carbonyl (C=O) groups is 4. The number of amides is 4. The fraction of sp³-hybridized carbons (Fsp3) is 0.561. The molecule has 3 heterocycles. The van der Waals surface area contributed by atoms with E-state index < -0.39 is 68.0 Å². The molecule has 18 heteroatoms. The maximum Gasteiger partial charge on any atom is 0.269 e. The Morgan fingerprint density at radius 1 is 1.10 bits per heavy atom. The topological polar surface area (TPSA) is 227 Å². The van der Waals surface area contributed by atoms with Crippen molar-refractivity contribution >= 4 is 50.3 Å². The van der Waals surface area contributed by atoms with Crippen molar-refractivity contribution in [2.75, 3.05) is 27.8 Å². The maximum atomic E-state index is 14.7. The molecule has 17 nitrogen and oxygen atoms in total. The molecule has 0 spiro atoms. The van der Waals surface area contributed by atoms with E-state index >= 15 is 0 Å². The van der Waals surface area contributed by atoms with Gasteiger partial charge in [-0.3, -0.25) is 29.3 Å². The number of hydrogen-bond acceptors (Lipinski definition) is 13. The molecule has 3 fully saturated rings. The molecule has 1 saturated heterocycles. The van der Waals surface area contributed by atoms with E-state index in [4.69, 9.17) is 24.4 Å². The van der Waals surface area contributed by atoms with E-state index in [1.165, 1.54) is 31.4 Å². The molecule has 0 radical (unpaired) electrons. The standard InChI is InChI=1S/C41H55N7O10S/c1-24(2)57-33-21-32(27-14-15-31(55-5)35(56-6)34(27)45-33)58-26-20-30-37(50)46-41(39(52)47-59(53,54)40(3)17-18-40)22-25(41)12-10-8-7-9-11-13-29(38(51)48(30)23-26)44-36(49)28(42)16-19-43-4/h10,12,14-16,19,21,24-26,29-30,42-43H,7-9,11,13,17-18,20,22-23H2,1-6H3,(H,44,49)(H,46,50)(H,47,52)/b12-10-,19-16-,42-28?/t25?,26-,29+,30+,41-/m1/s1. The number of carbonyl (C=O) groups excluding carboxylic acids is 4. The lowest BCUT2D eigenvalue weighted by atomic mass is 10.0. The van der Waals surface area contributed by atoms with E-state index in [1.54, 1.807) is 32.2 Å². The van der Waals surface area contributed by atoms with Gasteiger partial charge in [0, 0.05) is 30.8 Å². The highest BCUT2D eigenvalue weighted by Crippen LogP contribution is 2.48. The molecule has 2 aromatic rings. The lowest BCUT2D eigenvalue weighted by Crippen LogP contribution is -2.58. The van der Waals surface area contributed by atoms with Gasteiger partial charge in [-0.05, 0) is 83.7 Å². The second kappa shape index (κ2) is 17.5. The van der Waals surface area contributed by atoms with Gasteiger partial charge >= 0.3 is 0 Å². The Labute approximate surface area is 344 Å². The summed E-state index contributed by atoms with van der Waals surface area (Å²) in [6.45, 7) is 5.19.